The van der Waals surface area contributed by atoms with Gasteiger partial charge in [0.25, 0.3) is 5.91 Å². The van der Waals surface area contributed by atoms with Gasteiger partial charge in [0.2, 0.25) is 0 Å². The van der Waals surface area contributed by atoms with Crippen molar-refractivity contribution in [1.29, 1.82) is 0 Å². The first-order chi connectivity index (χ1) is 13.4. The van der Waals surface area contributed by atoms with Crippen LogP contribution in [0.5, 0.6) is 0 Å². The van der Waals surface area contributed by atoms with Gasteiger partial charge in [-0.2, -0.15) is 0 Å². The lowest BCUT2D eigenvalue weighted by Gasteiger charge is -2.37. The first kappa shape index (κ1) is 18.7. The van der Waals surface area contributed by atoms with Crippen LogP contribution in [0, 0.1) is 11.7 Å². The highest BCUT2D eigenvalue weighted by atomic mass is 32.2. The van der Waals surface area contributed by atoms with Gasteiger partial charge < -0.3 is 21.5 Å². The average molecular weight is 401 g/mol. The highest BCUT2D eigenvalue weighted by molar-refractivity contribution is 8.13. The maximum Gasteiger partial charge on any atom is 0.274 e. The number of nitrogens with two attached hydrogens (primary N) is 2. The van der Waals surface area contributed by atoms with Gasteiger partial charge in [0.1, 0.15) is 17.1 Å². The van der Waals surface area contributed by atoms with Crippen LogP contribution in [0.25, 0.3) is 0 Å². The fourth-order valence-corrected chi connectivity index (χ4v) is 4.69. The number of nitrogens with zero attached hydrogens (tertiary/aromatic N) is 2. The Balaban J connectivity index is 1.70. The molecule has 0 radical (unpaired) electrons. The zero-order chi connectivity index (χ0) is 19.9. The number of fused-ring (bicyclic) bond motifs is 1. The van der Waals surface area contributed by atoms with E-state index in [1.165, 1.54) is 36.2 Å². The van der Waals surface area contributed by atoms with Gasteiger partial charge in [0.15, 0.2) is 5.17 Å². The molecule has 4 rings (SSSR count). The van der Waals surface area contributed by atoms with Gasteiger partial charge in [-0.25, -0.2) is 14.4 Å². The second-order valence-electron chi connectivity index (χ2n) is 6.88. The number of carbonyl (C=O) groups excluding carboxylic acids is 1. The lowest BCUT2D eigenvalue weighted by molar-refractivity contribution is 0.0948. The minimum atomic E-state index is -0.903. The Hall–Kier alpha value is -2.65. The summed E-state index contributed by atoms with van der Waals surface area (Å²) in [4.78, 5) is 21.1. The molecule has 3 atom stereocenters. The fraction of sp³-hybridized carbons (Fsp3) is 0.316. The first-order valence-corrected chi connectivity index (χ1v) is 9.81. The molecule has 1 fully saturated rings. The van der Waals surface area contributed by atoms with Crippen molar-refractivity contribution in [3.8, 4) is 0 Å². The number of carbonyl (C=O) groups is 1. The van der Waals surface area contributed by atoms with Gasteiger partial charge in [0.05, 0.1) is 24.6 Å². The summed E-state index contributed by atoms with van der Waals surface area (Å²) in [5, 5.41) is 3.16. The monoisotopic (exact) mass is 401 g/mol. The van der Waals surface area contributed by atoms with Crippen LogP contribution < -0.4 is 16.8 Å². The minimum absolute atomic E-state index is 0.000910. The van der Waals surface area contributed by atoms with Crippen LogP contribution in [0.15, 0.2) is 41.5 Å². The number of benzene rings is 1. The normalized spacial score (nSPS) is 26.4. The van der Waals surface area contributed by atoms with Gasteiger partial charge in [-0.1, -0.05) is 11.8 Å². The number of aromatic nitrogens is 1. The number of hydrogen-bond acceptors (Lipinski definition) is 7. The van der Waals surface area contributed by atoms with Crippen LogP contribution in [-0.2, 0) is 10.3 Å². The highest BCUT2D eigenvalue weighted by Crippen LogP contribution is 2.49. The summed E-state index contributed by atoms with van der Waals surface area (Å²) in [6.45, 7) is 2.35. The van der Waals surface area contributed by atoms with Gasteiger partial charge in [-0.15, -0.1) is 0 Å². The van der Waals surface area contributed by atoms with Crippen molar-refractivity contribution in [3.05, 3.63) is 53.6 Å². The Morgan fingerprint density at radius 3 is 2.93 bits per heavy atom. The largest absolute Gasteiger partial charge is 0.397 e. The fourth-order valence-electron chi connectivity index (χ4n) is 3.75. The maximum atomic E-state index is 14.9. The van der Waals surface area contributed by atoms with Crippen LogP contribution in [0.4, 0.5) is 15.8 Å². The highest BCUT2D eigenvalue weighted by Gasteiger charge is 2.54. The molecule has 2 aliphatic rings. The lowest BCUT2D eigenvalue weighted by Crippen LogP contribution is -2.44. The molecule has 7 nitrogen and oxygen atoms in total. The molecule has 2 aromatic rings. The summed E-state index contributed by atoms with van der Waals surface area (Å²) in [6, 6.07) is 7.56. The van der Waals surface area contributed by atoms with Crippen molar-refractivity contribution in [1.82, 2.24) is 4.98 Å². The smallest absolute Gasteiger partial charge is 0.274 e. The molecule has 3 unspecified atom stereocenters. The zero-order valence-corrected chi connectivity index (χ0v) is 16.0. The second kappa shape index (κ2) is 7.06. The van der Waals surface area contributed by atoms with E-state index in [0.29, 0.717) is 34.5 Å². The molecule has 1 amide bonds. The van der Waals surface area contributed by atoms with E-state index in [1.54, 1.807) is 12.1 Å². The number of halogens is 1. The van der Waals surface area contributed by atoms with E-state index in [2.05, 4.69) is 15.3 Å². The van der Waals surface area contributed by atoms with Crippen molar-refractivity contribution in [3.63, 3.8) is 0 Å². The standard InChI is InChI=1S/C19H20FN5O2S/c1-10-19(11(8-27-10)9-28-18(22)25-19)14-6-13(3-4-15(14)20)24-17(26)16-5-2-12(21)7-23-16/h2-7,10-11H,8-9,21H2,1H3,(H2,22,25)(H,24,26). The van der Waals surface area contributed by atoms with Crippen LogP contribution >= 0.6 is 11.8 Å². The number of amidine groups is 1. The molecule has 1 aromatic heterocycles. The molecule has 9 heteroatoms. The van der Waals surface area contributed by atoms with Gasteiger partial charge >= 0.3 is 0 Å². The second-order valence-corrected chi connectivity index (χ2v) is 7.92. The molecular weight excluding hydrogens is 381 g/mol. The predicted molar refractivity (Wildman–Crippen MR) is 108 cm³/mol. The molecule has 1 aromatic carbocycles. The van der Waals surface area contributed by atoms with Gasteiger partial charge in [-0.3, -0.25) is 4.79 Å². The van der Waals surface area contributed by atoms with Crippen molar-refractivity contribution in [2.24, 2.45) is 16.6 Å². The minimum Gasteiger partial charge on any atom is -0.397 e. The Kier molecular flexibility index (Phi) is 4.72. The van der Waals surface area contributed by atoms with E-state index in [0.717, 1.165) is 0 Å². The summed E-state index contributed by atoms with van der Waals surface area (Å²) in [5.74, 6) is -0.122. The van der Waals surface area contributed by atoms with Crippen LogP contribution in [-0.4, -0.2) is 34.5 Å². The third kappa shape index (κ3) is 3.10. The van der Waals surface area contributed by atoms with Crippen molar-refractivity contribution < 1.29 is 13.9 Å². The Bertz CT molecular complexity index is 952. The molecule has 0 bridgehead atoms. The number of amides is 1. The number of nitrogen functional groups attached to an aromatic ring is 1. The Labute approximate surface area is 165 Å². The van der Waals surface area contributed by atoms with Crippen LogP contribution in [0.1, 0.15) is 23.0 Å². The van der Waals surface area contributed by atoms with E-state index in [1.807, 2.05) is 6.92 Å². The molecule has 28 heavy (non-hydrogen) atoms. The molecule has 1 saturated heterocycles. The van der Waals surface area contributed by atoms with Crippen molar-refractivity contribution in [2.75, 3.05) is 23.4 Å². The molecule has 0 aliphatic carbocycles. The summed E-state index contributed by atoms with van der Waals surface area (Å²) in [7, 11) is 0. The molecule has 3 heterocycles. The number of nitrogens with one attached hydrogen (secondary N) is 1. The molecule has 2 aliphatic heterocycles. The Morgan fingerprint density at radius 2 is 2.18 bits per heavy atom. The SMILES string of the molecule is CC1OCC2CSC(N)=NC21c1cc(NC(=O)c2ccc(N)cn2)ccc1F. The predicted octanol–water partition coefficient (Wildman–Crippen LogP) is 2.35. The number of ether oxygens (including phenoxy) is 1. The van der Waals surface area contributed by atoms with Gasteiger partial charge in [-0.05, 0) is 37.3 Å². The quantitative estimate of drug-likeness (QED) is 0.727. The van der Waals surface area contributed by atoms with E-state index >= 15 is 0 Å². The third-order valence-corrected chi connectivity index (χ3v) is 6.15. The Morgan fingerprint density at radius 1 is 1.36 bits per heavy atom. The number of rotatable bonds is 3. The number of hydrogen-bond donors (Lipinski definition) is 3. The number of thioether (sulfide) groups is 1. The average Bonchev–Trinajstić information content (AvgIpc) is 3.00. The van der Waals surface area contributed by atoms with E-state index in [4.69, 9.17) is 16.2 Å². The van der Waals surface area contributed by atoms with Gasteiger partial charge in [0, 0.05) is 22.9 Å². The molecule has 0 saturated carbocycles. The topological polar surface area (TPSA) is 116 Å². The molecule has 146 valence electrons. The molecule has 5 N–H and O–H groups in total. The van der Waals surface area contributed by atoms with Crippen molar-refractivity contribution >= 4 is 34.2 Å². The summed E-state index contributed by atoms with van der Waals surface area (Å²) < 4.78 is 20.7. The first-order valence-electron chi connectivity index (χ1n) is 8.83. The maximum absolute atomic E-state index is 14.9. The van der Waals surface area contributed by atoms with Crippen LogP contribution in [0.2, 0.25) is 0 Å². The molecular formula is C19H20FN5O2S. The molecule has 0 spiro atoms. The third-order valence-electron chi connectivity index (χ3n) is 5.19. The van der Waals surface area contributed by atoms with Crippen LogP contribution in [0.3, 0.4) is 0 Å². The summed E-state index contributed by atoms with van der Waals surface area (Å²) >= 11 is 1.45. The van der Waals surface area contributed by atoms with E-state index in [9.17, 15) is 9.18 Å². The number of anilines is 2. The van der Waals surface area contributed by atoms with E-state index in [-0.39, 0.29) is 17.7 Å². The van der Waals surface area contributed by atoms with Crippen molar-refractivity contribution in [2.45, 2.75) is 18.6 Å². The number of pyridine rings is 1. The number of aliphatic imine (C=N–C) groups is 1. The summed E-state index contributed by atoms with van der Waals surface area (Å²) in [6.07, 6.45) is 1.07. The van der Waals surface area contributed by atoms with E-state index < -0.39 is 17.3 Å². The summed E-state index contributed by atoms with van der Waals surface area (Å²) in [5.41, 5.74) is 12.2. The lowest BCUT2D eigenvalue weighted by atomic mass is 9.77. The zero-order valence-electron chi connectivity index (χ0n) is 15.2.